The summed E-state index contributed by atoms with van der Waals surface area (Å²) in [7, 11) is 0. The van der Waals surface area contributed by atoms with Crippen molar-refractivity contribution >= 4 is 34.5 Å². The number of thiophene rings is 1. The molecule has 5 heteroatoms. The van der Waals surface area contributed by atoms with E-state index in [1.54, 1.807) is 11.0 Å². The van der Waals surface area contributed by atoms with Gasteiger partial charge in [-0.1, -0.05) is 6.07 Å². The minimum absolute atomic E-state index is 0.130. The molecule has 1 aliphatic heterocycles. The Labute approximate surface area is 127 Å². The molecule has 2 amide bonds. The number of benzene rings is 1. The number of carbonyl (C=O) groups is 2. The van der Waals surface area contributed by atoms with Crippen LogP contribution >= 0.6 is 11.3 Å². The minimum atomic E-state index is -0.130. The van der Waals surface area contributed by atoms with E-state index in [1.807, 2.05) is 41.9 Å². The van der Waals surface area contributed by atoms with Crippen LogP contribution in [0.4, 0.5) is 11.4 Å². The normalized spacial score (nSPS) is 18.0. The SMILES string of the molecule is CC1CCC(=O)N1c1cccc(NC(=O)c2ccsc2)c1. The third kappa shape index (κ3) is 2.83. The van der Waals surface area contributed by atoms with Gasteiger partial charge in [0.25, 0.3) is 5.91 Å². The average molecular weight is 300 g/mol. The molecular weight excluding hydrogens is 284 g/mol. The second-order valence-corrected chi connectivity index (χ2v) is 5.95. The molecule has 0 saturated carbocycles. The number of rotatable bonds is 3. The fraction of sp³-hybridized carbons (Fsp3) is 0.250. The smallest absolute Gasteiger partial charge is 0.256 e. The third-order valence-corrected chi connectivity index (χ3v) is 4.33. The maximum atomic E-state index is 12.1. The number of anilines is 2. The molecule has 4 nitrogen and oxygen atoms in total. The molecular formula is C16H16N2O2S. The van der Waals surface area contributed by atoms with Crippen molar-refractivity contribution in [3.63, 3.8) is 0 Å². The van der Waals surface area contributed by atoms with Gasteiger partial charge in [-0.15, -0.1) is 0 Å². The summed E-state index contributed by atoms with van der Waals surface area (Å²) in [6.45, 7) is 2.04. The van der Waals surface area contributed by atoms with Crippen molar-refractivity contribution in [3.8, 4) is 0 Å². The van der Waals surface area contributed by atoms with Crippen LogP contribution in [0.5, 0.6) is 0 Å². The van der Waals surface area contributed by atoms with E-state index in [0.29, 0.717) is 17.7 Å². The molecule has 1 aliphatic rings. The van der Waals surface area contributed by atoms with Crippen molar-refractivity contribution in [2.45, 2.75) is 25.8 Å². The molecule has 1 N–H and O–H groups in total. The van der Waals surface area contributed by atoms with Crippen molar-refractivity contribution in [1.29, 1.82) is 0 Å². The number of hydrogen-bond donors (Lipinski definition) is 1. The van der Waals surface area contributed by atoms with Gasteiger partial charge in [0.2, 0.25) is 5.91 Å². The Hall–Kier alpha value is -2.14. The van der Waals surface area contributed by atoms with Crippen LogP contribution in [-0.2, 0) is 4.79 Å². The number of amides is 2. The van der Waals surface area contributed by atoms with Crippen LogP contribution < -0.4 is 10.2 Å². The Balaban J connectivity index is 1.80. The molecule has 1 unspecified atom stereocenters. The predicted molar refractivity (Wildman–Crippen MR) is 84.9 cm³/mol. The standard InChI is InChI=1S/C16H16N2O2S/c1-11-5-6-15(19)18(11)14-4-2-3-13(9-14)17-16(20)12-7-8-21-10-12/h2-4,7-11H,5-6H2,1H3,(H,17,20). The summed E-state index contributed by atoms with van der Waals surface area (Å²) < 4.78 is 0. The van der Waals surface area contributed by atoms with Gasteiger partial charge in [0.15, 0.2) is 0 Å². The lowest BCUT2D eigenvalue weighted by Gasteiger charge is -2.22. The van der Waals surface area contributed by atoms with Gasteiger partial charge >= 0.3 is 0 Å². The molecule has 0 aliphatic carbocycles. The quantitative estimate of drug-likeness (QED) is 0.943. The molecule has 3 rings (SSSR count). The molecule has 0 spiro atoms. The van der Waals surface area contributed by atoms with E-state index in [9.17, 15) is 9.59 Å². The van der Waals surface area contributed by atoms with Crippen LogP contribution in [0.1, 0.15) is 30.1 Å². The lowest BCUT2D eigenvalue weighted by Crippen LogP contribution is -2.30. The maximum absolute atomic E-state index is 12.1. The molecule has 1 atom stereocenters. The summed E-state index contributed by atoms with van der Waals surface area (Å²) in [6, 6.07) is 9.44. The zero-order valence-corrected chi connectivity index (χ0v) is 12.5. The van der Waals surface area contributed by atoms with Gasteiger partial charge in [0.1, 0.15) is 0 Å². The highest BCUT2D eigenvalue weighted by Crippen LogP contribution is 2.28. The Morgan fingerprint density at radius 2 is 2.24 bits per heavy atom. The van der Waals surface area contributed by atoms with Crippen LogP contribution in [-0.4, -0.2) is 17.9 Å². The first-order chi connectivity index (χ1) is 10.1. The monoisotopic (exact) mass is 300 g/mol. The van der Waals surface area contributed by atoms with Crippen molar-refractivity contribution in [2.75, 3.05) is 10.2 Å². The Kier molecular flexibility index (Phi) is 3.75. The van der Waals surface area contributed by atoms with Crippen LogP contribution in [0.2, 0.25) is 0 Å². The zero-order chi connectivity index (χ0) is 14.8. The third-order valence-electron chi connectivity index (χ3n) is 3.65. The summed E-state index contributed by atoms with van der Waals surface area (Å²) >= 11 is 1.49. The molecule has 1 aromatic carbocycles. The van der Waals surface area contributed by atoms with Crippen LogP contribution in [0.3, 0.4) is 0 Å². The van der Waals surface area contributed by atoms with E-state index in [-0.39, 0.29) is 17.9 Å². The summed E-state index contributed by atoms with van der Waals surface area (Å²) in [5, 5.41) is 6.55. The molecule has 21 heavy (non-hydrogen) atoms. The van der Waals surface area contributed by atoms with Crippen molar-refractivity contribution in [3.05, 3.63) is 46.7 Å². The van der Waals surface area contributed by atoms with E-state index in [0.717, 1.165) is 12.1 Å². The van der Waals surface area contributed by atoms with Gasteiger partial charge < -0.3 is 10.2 Å². The van der Waals surface area contributed by atoms with Crippen molar-refractivity contribution in [1.82, 2.24) is 0 Å². The van der Waals surface area contributed by atoms with E-state index >= 15 is 0 Å². The summed E-state index contributed by atoms with van der Waals surface area (Å²) in [6.07, 6.45) is 1.47. The van der Waals surface area contributed by atoms with Crippen molar-refractivity contribution < 1.29 is 9.59 Å². The lowest BCUT2D eigenvalue weighted by atomic mass is 10.2. The van der Waals surface area contributed by atoms with Crippen LogP contribution in [0.25, 0.3) is 0 Å². The molecule has 0 radical (unpaired) electrons. The van der Waals surface area contributed by atoms with E-state index < -0.39 is 0 Å². The molecule has 0 bridgehead atoms. The topological polar surface area (TPSA) is 49.4 Å². The first-order valence-electron chi connectivity index (χ1n) is 6.91. The Bertz CT molecular complexity index is 667. The number of nitrogens with zero attached hydrogens (tertiary/aromatic N) is 1. The van der Waals surface area contributed by atoms with E-state index in [1.165, 1.54) is 11.3 Å². The largest absolute Gasteiger partial charge is 0.322 e. The Morgan fingerprint density at radius 3 is 2.90 bits per heavy atom. The second kappa shape index (κ2) is 5.69. The first-order valence-corrected chi connectivity index (χ1v) is 7.85. The molecule has 2 heterocycles. The molecule has 1 aromatic heterocycles. The number of carbonyl (C=O) groups excluding carboxylic acids is 2. The number of hydrogen-bond acceptors (Lipinski definition) is 3. The van der Waals surface area contributed by atoms with Crippen LogP contribution in [0, 0.1) is 0 Å². The minimum Gasteiger partial charge on any atom is -0.322 e. The lowest BCUT2D eigenvalue weighted by molar-refractivity contribution is -0.117. The average Bonchev–Trinajstić information content (AvgIpc) is 3.09. The van der Waals surface area contributed by atoms with Gasteiger partial charge in [-0.05, 0) is 43.0 Å². The van der Waals surface area contributed by atoms with Gasteiger partial charge in [0.05, 0.1) is 5.56 Å². The van der Waals surface area contributed by atoms with Gasteiger partial charge in [-0.25, -0.2) is 0 Å². The zero-order valence-electron chi connectivity index (χ0n) is 11.7. The first kappa shape index (κ1) is 13.8. The Morgan fingerprint density at radius 1 is 1.38 bits per heavy atom. The van der Waals surface area contributed by atoms with Gasteiger partial charge in [-0.2, -0.15) is 11.3 Å². The van der Waals surface area contributed by atoms with E-state index in [2.05, 4.69) is 5.32 Å². The summed E-state index contributed by atoms with van der Waals surface area (Å²) in [4.78, 5) is 25.8. The van der Waals surface area contributed by atoms with Crippen LogP contribution in [0.15, 0.2) is 41.1 Å². The molecule has 2 aromatic rings. The second-order valence-electron chi connectivity index (χ2n) is 5.17. The van der Waals surface area contributed by atoms with Gasteiger partial charge in [0, 0.05) is 29.2 Å². The molecule has 108 valence electrons. The highest BCUT2D eigenvalue weighted by atomic mass is 32.1. The maximum Gasteiger partial charge on any atom is 0.256 e. The highest BCUT2D eigenvalue weighted by Gasteiger charge is 2.28. The fourth-order valence-electron chi connectivity index (χ4n) is 2.56. The highest BCUT2D eigenvalue weighted by molar-refractivity contribution is 7.08. The summed E-state index contributed by atoms with van der Waals surface area (Å²) in [5.74, 6) is 0.0120. The molecule has 1 fully saturated rings. The van der Waals surface area contributed by atoms with Gasteiger partial charge in [-0.3, -0.25) is 9.59 Å². The fourth-order valence-corrected chi connectivity index (χ4v) is 3.19. The predicted octanol–water partition coefficient (Wildman–Crippen LogP) is 3.52. The van der Waals surface area contributed by atoms with E-state index in [4.69, 9.17) is 0 Å². The van der Waals surface area contributed by atoms with Crippen molar-refractivity contribution in [2.24, 2.45) is 0 Å². The summed E-state index contributed by atoms with van der Waals surface area (Å²) in [5.41, 5.74) is 2.19. The molecule has 1 saturated heterocycles. The number of nitrogens with one attached hydrogen (secondary N) is 1.